The Kier molecular flexibility index (Phi) is 4.25. The molecule has 0 amide bonds. The summed E-state index contributed by atoms with van der Waals surface area (Å²) in [6, 6.07) is 9.45. The monoisotopic (exact) mass is 327 g/mol. The van der Waals surface area contributed by atoms with Crippen molar-refractivity contribution in [3.05, 3.63) is 53.4 Å². The standard InChI is InChI=1S/C17H17N3O2S/c1-3-22-16(21)14-10(2)19-17(23)20-15(14)12-6-7-13-11(9-12)5-4-8-18-13/h4-9,15H,3H2,1-2H3,(H2,19,20,23). The minimum Gasteiger partial charge on any atom is -0.463 e. The number of hydrogen-bond acceptors (Lipinski definition) is 4. The average molecular weight is 327 g/mol. The van der Waals surface area contributed by atoms with Gasteiger partial charge in [-0.2, -0.15) is 0 Å². The number of rotatable bonds is 3. The summed E-state index contributed by atoms with van der Waals surface area (Å²) >= 11 is 5.24. The van der Waals surface area contributed by atoms with Crippen LogP contribution in [0.4, 0.5) is 0 Å². The number of carbonyl (C=O) groups is 1. The Balaban J connectivity index is 2.07. The van der Waals surface area contributed by atoms with Crippen molar-refractivity contribution in [2.24, 2.45) is 0 Å². The van der Waals surface area contributed by atoms with E-state index in [0.29, 0.717) is 23.0 Å². The molecule has 1 aliphatic rings. The highest BCUT2D eigenvalue weighted by molar-refractivity contribution is 7.80. The molecular formula is C17H17N3O2S. The van der Waals surface area contributed by atoms with Crippen molar-refractivity contribution in [2.45, 2.75) is 19.9 Å². The first-order valence-corrected chi connectivity index (χ1v) is 7.81. The lowest BCUT2D eigenvalue weighted by Crippen LogP contribution is -2.45. The molecule has 5 nitrogen and oxygen atoms in total. The summed E-state index contributed by atoms with van der Waals surface area (Å²) in [6.07, 6.45) is 1.76. The maximum Gasteiger partial charge on any atom is 0.338 e. The van der Waals surface area contributed by atoms with Gasteiger partial charge in [0, 0.05) is 17.3 Å². The van der Waals surface area contributed by atoms with Crippen LogP contribution in [-0.4, -0.2) is 22.7 Å². The molecule has 1 atom stereocenters. The largest absolute Gasteiger partial charge is 0.463 e. The summed E-state index contributed by atoms with van der Waals surface area (Å²) in [5.74, 6) is -0.344. The molecule has 0 fully saturated rings. The van der Waals surface area contributed by atoms with E-state index in [2.05, 4.69) is 15.6 Å². The van der Waals surface area contributed by atoms with Gasteiger partial charge >= 0.3 is 5.97 Å². The zero-order valence-electron chi connectivity index (χ0n) is 12.9. The van der Waals surface area contributed by atoms with E-state index < -0.39 is 0 Å². The third kappa shape index (κ3) is 3.03. The Bertz CT molecular complexity index is 816. The van der Waals surface area contributed by atoms with E-state index in [1.165, 1.54) is 0 Å². The lowest BCUT2D eigenvalue weighted by molar-refractivity contribution is -0.139. The lowest BCUT2D eigenvalue weighted by atomic mass is 9.94. The highest BCUT2D eigenvalue weighted by atomic mass is 32.1. The number of ether oxygens (including phenoxy) is 1. The molecule has 1 unspecified atom stereocenters. The molecule has 0 aliphatic carbocycles. The van der Waals surface area contributed by atoms with Gasteiger partial charge in [0.15, 0.2) is 5.11 Å². The number of hydrogen-bond donors (Lipinski definition) is 2. The van der Waals surface area contributed by atoms with Gasteiger partial charge in [0.2, 0.25) is 0 Å². The molecule has 0 saturated heterocycles. The molecule has 3 rings (SSSR count). The molecule has 0 bridgehead atoms. The van der Waals surface area contributed by atoms with Gasteiger partial charge in [-0.25, -0.2) is 4.79 Å². The quantitative estimate of drug-likeness (QED) is 0.667. The van der Waals surface area contributed by atoms with Gasteiger partial charge < -0.3 is 15.4 Å². The Hall–Kier alpha value is -2.47. The average Bonchev–Trinajstić information content (AvgIpc) is 2.53. The van der Waals surface area contributed by atoms with Crippen LogP contribution < -0.4 is 10.6 Å². The van der Waals surface area contributed by atoms with Gasteiger partial charge in [-0.05, 0) is 49.8 Å². The lowest BCUT2D eigenvalue weighted by Gasteiger charge is -2.30. The number of thiocarbonyl (C=S) groups is 1. The highest BCUT2D eigenvalue weighted by Crippen LogP contribution is 2.29. The normalized spacial score (nSPS) is 17.7. The highest BCUT2D eigenvalue weighted by Gasteiger charge is 2.30. The van der Waals surface area contributed by atoms with Crippen molar-refractivity contribution >= 4 is 34.2 Å². The number of esters is 1. The fourth-order valence-corrected chi connectivity index (χ4v) is 2.97. The number of pyridine rings is 1. The molecule has 1 aromatic carbocycles. The molecule has 0 radical (unpaired) electrons. The van der Waals surface area contributed by atoms with E-state index in [1.54, 1.807) is 13.1 Å². The first-order valence-electron chi connectivity index (χ1n) is 7.40. The predicted octanol–water partition coefficient (Wildman–Crippen LogP) is 2.59. The van der Waals surface area contributed by atoms with Gasteiger partial charge in [-0.3, -0.25) is 4.98 Å². The maximum atomic E-state index is 12.3. The third-order valence-electron chi connectivity index (χ3n) is 3.72. The second-order valence-electron chi connectivity index (χ2n) is 5.25. The van der Waals surface area contributed by atoms with Crippen LogP contribution in [0.1, 0.15) is 25.5 Å². The summed E-state index contributed by atoms with van der Waals surface area (Å²) in [4.78, 5) is 16.7. The summed E-state index contributed by atoms with van der Waals surface area (Å²) in [7, 11) is 0. The number of nitrogens with one attached hydrogen (secondary N) is 2. The van der Waals surface area contributed by atoms with Crippen LogP contribution in [0.5, 0.6) is 0 Å². The van der Waals surface area contributed by atoms with Gasteiger partial charge in [-0.15, -0.1) is 0 Å². The Morgan fingerprint density at radius 3 is 3.00 bits per heavy atom. The Morgan fingerprint density at radius 2 is 2.22 bits per heavy atom. The van der Waals surface area contributed by atoms with Crippen LogP contribution in [-0.2, 0) is 9.53 Å². The first-order chi connectivity index (χ1) is 11.1. The number of carbonyl (C=O) groups excluding carboxylic acids is 1. The second-order valence-corrected chi connectivity index (χ2v) is 5.65. The topological polar surface area (TPSA) is 63.2 Å². The molecule has 0 saturated carbocycles. The van der Waals surface area contributed by atoms with Crippen LogP contribution in [0.2, 0.25) is 0 Å². The summed E-state index contributed by atoms with van der Waals surface area (Å²) in [5.41, 5.74) is 3.11. The SMILES string of the molecule is CCOC(=O)C1=C(C)NC(=S)NC1c1ccc2ncccc2c1. The Morgan fingerprint density at radius 1 is 1.39 bits per heavy atom. The fraction of sp³-hybridized carbons (Fsp3) is 0.235. The maximum absolute atomic E-state index is 12.3. The number of benzene rings is 1. The molecule has 23 heavy (non-hydrogen) atoms. The van der Waals surface area contributed by atoms with E-state index in [4.69, 9.17) is 17.0 Å². The molecule has 2 N–H and O–H groups in total. The van der Waals surface area contributed by atoms with Crippen LogP contribution >= 0.6 is 12.2 Å². The van der Waals surface area contributed by atoms with Crippen molar-refractivity contribution in [1.29, 1.82) is 0 Å². The van der Waals surface area contributed by atoms with Gasteiger partial charge in [0.1, 0.15) is 0 Å². The van der Waals surface area contributed by atoms with Crippen molar-refractivity contribution in [2.75, 3.05) is 6.61 Å². The second kappa shape index (κ2) is 6.34. The molecule has 0 spiro atoms. The van der Waals surface area contributed by atoms with Gasteiger partial charge in [-0.1, -0.05) is 12.1 Å². The summed E-state index contributed by atoms with van der Waals surface area (Å²) in [6.45, 7) is 3.95. The predicted molar refractivity (Wildman–Crippen MR) is 92.7 cm³/mol. The zero-order chi connectivity index (χ0) is 16.4. The van der Waals surface area contributed by atoms with Crippen molar-refractivity contribution < 1.29 is 9.53 Å². The first kappa shape index (κ1) is 15.4. The van der Waals surface area contributed by atoms with E-state index in [9.17, 15) is 4.79 Å². The summed E-state index contributed by atoms with van der Waals surface area (Å²) in [5, 5.41) is 7.65. The van der Waals surface area contributed by atoms with Crippen LogP contribution in [0, 0.1) is 0 Å². The number of fused-ring (bicyclic) bond motifs is 1. The third-order valence-corrected chi connectivity index (χ3v) is 3.94. The van der Waals surface area contributed by atoms with Crippen molar-refractivity contribution in [3.8, 4) is 0 Å². The van der Waals surface area contributed by atoms with E-state index >= 15 is 0 Å². The van der Waals surface area contributed by atoms with E-state index in [1.807, 2.05) is 37.3 Å². The van der Waals surface area contributed by atoms with Crippen LogP contribution in [0.3, 0.4) is 0 Å². The zero-order valence-corrected chi connectivity index (χ0v) is 13.7. The molecule has 1 aromatic heterocycles. The summed E-state index contributed by atoms with van der Waals surface area (Å²) < 4.78 is 5.19. The van der Waals surface area contributed by atoms with Crippen LogP contribution in [0.15, 0.2) is 47.8 Å². The fourth-order valence-electron chi connectivity index (χ4n) is 2.70. The minimum absolute atomic E-state index is 0.328. The molecule has 2 heterocycles. The molecule has 2 aromatic rings. The van der Waals surface area contributed by atoms with Gasteiger partial charge in [0.05, 0.1) is 23.7 Å². The van der Waals surface area contributed by atoms with E-state index in [0.717, 1.165) is 16.5 Å². The molecule has 6 heteroatoms. The van der Waals surface area contributed by atoms with E-state index in [-0.39, 0.29) is 12.0 Å². The van der Waals surface area contributed by atoms with Gasteiger partial charge in [0.25, 0.3) is 0 Å². The molecular weight excluding hydrogens is 310 g/mol. The van der Waals surface area contributed by atoms with Crippen LogP contribution in [0.25, 0.3) is 10.9 Å². The minimum atomic E-state index is -0.344. The molecule has 1 aliphatic heterocycles. The molecule has 118 valence electrons. The smallest absolute Gasteiger partial charge is 0.338 e. The Labute approximate surface area is 139 Å². The number of nitrogens with zero attached hydrogens (tertiary/aromatic N) is 1. The number of allylic oxidation sites excluding steroid dienone is 1. The van der Waals surface area contributed by atoms with Crippen molar-refractivity contribution in [3.63, 3.8) is 0 Å². The number of aromatic nitrogens is 1. The van der Waals surface area contributed by atoms with Crippen molar-refractivity contribution in [1.82, 2.24) is 15.6 Å².